The molecule has 6 heteroatoms. The van der Waals surface area contributed by atoms with Crippen LogP contribution in [0.4, 0.5) is 0 Å². The minimum absolute atomic E-state index is 0.0730. The summed E-state index contributed by atoms with van der Waals surface area (Å²) >= 11 is 4.13. The molecule has 0 radical (unpaired) electrons. The maximum atomic E-state index is 11.6. The summed E-state index contributed by atoms with van der Waals surface area (Å²) in [6, 6.07) is 1.92. The molecule has 1 aromatic rings. The summed E-state index contributed by atoms with van der Waals surface area (Å²) in [6.07, 6.45) is 1.34. The summed E-state index contributed by atoms with van der Waals surface area (Å²) in [5.41, 5.74) is 0. The third-order valence-corrected chi connectivity index (χ3v) is 2.23. The number of aliphatic carboxylic acids is 1. The highest BCUT2D eigenvalue weighted by molar-refractivity contribution is 7.81. The van der Waals surface area contributed by atoms with Crippen molar-refractivity contribution in [2.75, 3.05) is 0 Å². The number of amides is 1. The number of hydrogen-bond donors (Lipinski definition) is 3. The number of thiol groups is 1. The molecule has 16 heavy (non-hydrogen) atoms. The Kier molecular flexibility index (Phi) is 3.64. The number of carbonyl (C=O) groups excluding carboxylic acids is 1. The van der Waals surface area contributed by atoms with Crippen molar-refractivity contribution in [3.05, 3.63) is 24.2 Å². The standard InChI is InChI=1S/C10H13NO4S/c1-10(2,16)7(9(13)14)11-8(12)6-4-3-5-15-6/h3-5,7,16H,1-2H3,(H,11,12)(H,13,14). The van der Waals surface area contributed by atoms with Gasteiger partial charge in [-0.2, -0.15) is 12.6 Å². The van der Waals surface area contributed by atoms with E-state index in [4.69, 9.17) is 9.52 Å². The number of carboxylic acid groups (broad SMARTS) is 1. The van der Waals surface area contributed by atoms with Crippen molar-refractivity contribution in [1.82, 2.24) is 5.32 Å². The largest absolute Gasteiger partial charge is 0.480 e. The van der Waals surface area contributed by atoms with Crippen molar-refractivity contribution in [1.29, 1.82) is 0 Å². The second-order valence-corrected chi connectivity index (χ2v) is 5.03. The number of carboxylic acids is 1. The van der Waals surface area contributed by atoms with Crippen LogP contribution < -0.4 is 5.32 Å². The van der Waals surface area contributed by atoms with Crippen LogP contribution in [-0.4, -0.2) is 27.8 Å². The zero-order chi connectivity index (χ0) is 12.3. The summed E-state index contributed by atoms with van der Waals surface area (Å²) < 4.78 is 3.99. The summed E-state index contributed by atoms with van der Waals surface area (Å²) in [6.45, 7) is 3.22. The SMILES string of the molecule is CC(C)(S)C(NC(=O)c1ccco1)C(=O)O. The fourth-order valence-electron chi connectivity index (χ4n) is 1.15. The molecule has 0 aromatic carbocycles. The van der Waals surface area contributed by atoms with E-state index in [9.17, 15) is 9.59 Å². The van der Waals surface area contributed by atoms with Crippen LogP contribution in [0.1, 0.15) is 24.4 Å². The van der Waals surface area contributed by atoms with Crippen molar-refractivity contribution in [2.24, 2.45) is 0 Å². The van der Waals surface area contributed by atoms with Gasteiger partial charge in [0.25, 0.3) is 5.91 Å². The van der Waals surface area contributed by atoms with Gasteiger partial charge >= 0.3 is 5.97 Å². The predicted molar refractivity (Wildman–Crippen MR) is 60.7 cm³/mol. The van der Waals surface area contributed by atoms with Gasteiger partial charge in [0.1, 0.15) is 6.04 Å². The minimum atomic E-state index is -1.14. The number of nitrogens with one attached hydrogen (secondary N) is 1. The first-order chi connectivity index (χ1) is 7.32. The molecule has 0 saturated carbocycles. The van der Waals surface area contributed by atoms with E-state index < -0.39 is 22.7 Å². The summed E-state index contributed by atoms with van der Waals surface area (Å²) in [7, 11) is 0. The molecule has 1 heterocycles. The lowest BCUT2D eigenvalue weighted by atomic mass is 10.0. The van der Waals surface area contributed by atoms with E-state index in [0.717, 1.165) is 0 Å². The topological polar surface area (TPSA) is 79.5 Å². The van der Waals surface area contributed by atoms with Crippen LogP contribution in [-0.2, 0) is 4.79 Å². The zero-order valence-corrected chi connectivity index (χ0v) is 9.82. The van der Waals surface area contributed by atoms with Gasteiger partial charge in [-0.1, -0.05) is 0 Å². The van der Waals surface area contributed by atoms with Crippen molar-refractivity contribution < 1.29 is 19.1 Å². The number of carbonyl (C=O) groups is 2. The van der Waals surface area contributed by atoms with Crippen LogP contribution in [0.3, 0.4) is 0 Å². The molecule has 1 amide bonds. The molecule has 0 aliphatic heterocycles. The third kappa shape index (κ3) is 3.03. The van der Waals surface area contributed by atoms with Crippen LogP contribution in [0, 0.1) is 0 Å². The summed E-state index contributed by atoms with van der Waals surface area (Å²) in [5, 5.41) is 11.3. The van der Waals surface area contributed by atoms with Gasteiger partial charge in [0.2, 0.25) is 0 Å². The van der Waals surface area contributed by atoms with E-state index in [1.807, 2.05) is 0 Å². The highest BCUT2D eigenvalue weighted by Crippen LogP contribution is 2.18. The Morgan fingerprint density at radius 1 is 1.56 bits per heavy atom. The van der Waals surface area contributed by atoms with Crippen molar-refractivity contribution in [3.8, 4) is 0 Å². The third-order valence-electron chi connectivity index (χ3n) is 1.97. The number of hydrogen-bond acceptors (Lipinski definition) is 4. The first-order valence-electron chi connectivity index (χ1n) is 4.62. The highest BCUT2D eigenvalue weighted by Gasteiger charge is 2.34. The second kappa shape index (κ2) is 4.61. The molecule has 5 nitrogen and oxygen atoms in total. The molecule has 0 fully saturated rings. The average molecular weight is 243 g/mol. The zero-order valence-electron chi connectivity index (χ0n) is 8.93. The molecule has 1 aromatic heterocycles. The smallest absolute Gasteiger partial charge is 0.327 e. The summed E-state index contributed by atoms with van der Waals surface area (Å²) in [4.78, 5) is 22.5. The van der Waals surface area contributed by atoms with Gasteiger partial charge in [0.05, 0.1) is 6.26 Å². The van der Waals surface area contributed by atoms with Gasteiger partial charge in [0.15, 0.2) is 5.76 Å². The lowest BCUT2D eigenvalue weighted by Crippen LogP contribution is -2.51. The first-order valence-corrected chi connectivity index (χ1v) is 5.06. The second-order valence-electron chi connectivity index (χ2n) is 3.88. The van der Waals surface area contributed by atoms with Crippen LogP contribution in [0.2, 0.25) is 0 Å². The Morgan fingerprint density at radius 2 is 2.19 bits per heavy atom. The van der Waals surface area contributed by atoms with Crippen molar-refractivity contribution in [2.45, 2.75) is 24.6 Å². The van der Waals surface area contributed by atoms with E-state index in [1.54, 1.807) is 19.9 Å². The Morgan fingerprint density at radius 3 is 2.56 bits per heavy atom. The normalized spacial score (nSPS) is 13.2. The van der Waals surface area contributed by atoms with E-state index in [2.05, 4.69) is 17.9 Å². The molecule has 0 aliphatic rings. The minimum Gasteiger partial charge on any atom is -0.480 e. The molecule has 0 spiro atoms. The van der Waals surface area contributed by atoms with Gasteiger partial charge in [-0.3, -0.25) is 4.79 Å². The molecule has 1 atom stereocenters. The van der Waals surface area contributed by atoms with E-state index in [0.29, 0.717) is 0 Å². The van der Waals surface area contributed by atoms with Crippen LogP contribution in [0.15, 0.2) is 22.8 Å². The Balaban J connectivity index is 2.78. The molecular weight excluding hydrogens is 230 g/mol. The maximum Gasteiger partial charge on any atom is 0.327 e. The molecule has 0 saturated heterocycles. The van der Waals surface area contributed by atoms with E-state index in [-0.39, 0.29) is 5.76 Å². The molecule has 1 unspecified atom stereocenters. The van der Waals surface area contributed by atoms with Gasteiger partial charge < -0.3 is 14.8 Å². The van der Waals surface area contributed by atoms with Gasteiger partial charge in [0, 0.05) is 4.75 Å². The molecule has 2 N–H and O–H groups in total. The number of rotatable bonds is 4. The lowest BCUT2D eigenvalue weighted by Gasteiger charge is -2.26. The molecule has 1 rings (SSSR count). The average Bonchev–Trinajstić information content (AvgIpc) is 2.63. The van der Waals surface area contributed by atoms with Crippen molar-refractivity contribution in [3.63, 3.8) is 0 Å². The number of furan rings is 1. The Bertz CT molecular complexity index is 380. The fourth-order valence-corrected chi connectivity index (χ4v) is 1.33. The predicted octanol–water partition coefficient (Wildman–Crippen LogP) is 1.17. The molecule has 0 bridgehead atoms. The maximum absolute atomic E-state index is 11.6. The first kappa shape index (κ1) is 12.6. The quantitative estimate of drug-likeness (QED) is 0.693. The van der Waals surface area contributed by atoms with Crippen molar-refractivity contribution >= 4 is 24.5 Å². The molecular formula is C10H13NO4S. The van der Waals surface area contributed by atoms with E-state index >= 15 is 0 Å². The van der Waals surface area contributed by atoms with E-state index in [1.165, 1.54) is 12.3 Å². The summed E-state index contributed by atoms with van der Waals surface area (Å²) in [5.74, 6) is -1.64. The monoisotopic (exact) mass is 243 g/mol. The van der Waals surface area contributed by atoms with Crippen LogP contribution >= 0.6 is 12.6 Å². The van der Waals surface area contributed by atoms with Crippen LogP contribution in [0.25, 0.3) is 0 Å². The lowest BCUT2D eigenvalue weighted by molar-refractivity contribution is -0.139. The molecule has 88 valence electrons. The van der Waals surface area contributed by atoms with Gasteiger partial charge in [-0.15, -0.1) is 0 Å². The Hall–Kier alpha value is -1.43. The van der Waals surface area contributed by atoms with Gasteiger partial charge in [-0.25, -0.2) is 4.79 Å². The van der Waals surface area contributed by atoms with Crippen LogP contribution in [0.5, 0.6) is 0 Å². The van der Waals surface area contributed by atoms with Gasteiger partial charge in [-0.05, 0) is 26.0 Å². The molecule has 0 aliphatic carbocycles. The highest BCUT2D eigenvalue weighted by atomic mass is 32.1. The Labute approximate surface area is 98.2 Å². The fraction of sp³-hybridized carbons (Fsp3) is 0.400.